The van der Waals surface area contributed by atoms with Gasteiger partial charge in [0.25, 0.3) is 5.82 Å². The third-order valence-electron chi connectivity index (χ3n) is 8.62. The largest absolute Gasteiger partial charge is 0.471 e. The molecule has 10 nitrogen and oxygen atoms in total. The van der Waals surface area contributed by atoms with Crippen LogP contribution in [0.1, 0.15) is 54.2 Å². The first-order valence-electron chi connectivity index (χ1n) is 15.5. The number of carbonyl (C=O) groups is 4. The number of aromatic nitrogens is 1. The number of nitrogens with one attached hydrogen (secondary N) is 2. The highest BCUT2D eigenvalue weighted by molar-refractivity contribution is 6.05. The molecule has 4 amide bonds. The second-order valence-electron chi connectivity index (χ2n) is 13.5. The molecule has 1 spiro atoms. The summed E-state index contributed by atoms with van der Waals surface area (Å²) in [6.45, 7) is 5.51. The van der Waals surface area contributed by atoms with Crippen molar-refractivity contribution in [3.8, 4) is 0 Å². The van der Waals surface area contributed by atoms with Gasteiger partial charge in [0.1, 0.15) is 17.6 Å². The van der Waals surface area contributed by atoms with Crippen molar-refractivity contribution in [1.82, 2.24) is 9.80 Å². The molecule has 0 bridgehead atoms. The van der Waals surface area contributed by atoms with E-state index in [1.807, 2.05) is 36.0 Å². The van der Waals surface area contributed by atoms with Gasteiger partial charge in [0, 0.05) is 25.8 Å². The van der Waals surface area contributed by atoms with E-state index < -0.39 is 48.2 Å². The first kappa shape index (κ1) is 34.4. The summed E-state index contributed by atoms with van der Waals surface area (Å²) in [6, 6.07) is 13.9. The molecule has 1 aromatic heterocycles. The molecule has 1 aliphatic heterocycles. The van der Waals surface area contributed by atoms with Crippen molar-refractivity contribution in [2.75, 3.05) is 24.2 Å². The molecule has 48 heavy (non-hydrogen) atoms. The van der Waals surface area contributed by atoms with Gasteiger partial charge in [-0.3, -0.25) is 9.59 Å². The van der Waals surface area contributed by atoms with E-state index in [0.717, 1.165) is 22.5 Å². The van der Waals surface area contributed by atoms with Crippen LogP contribution in [0.4, 0.5) is 29.5 Å². The van der Waals surface area contributed by atoms with E-state index in [9.17, 15) is 32.3 Å². The van der Waals surface area contributed by atoms with Crippen LogP contribution >= 0.6 is 0 Å². The Morgan fingerprint density at radius 2 is 1.62 bits per heavy atom. The predicted octanol–water partition coefficient (Wildman–Crippen LogP) is 4.70. The van der Waals surface area contributed by atoms with Gasteiger partial charge in [-0.1, -0.05) is 30.3 Å². The Morgan fingerprint density at radius 3 is 2.25 bits per heavy atom. The number of fused-ring (bicyclic) bond motifs is 3. The number of alkyl halides is 3. The van der Waals surface area contributed by atoms with Crippen LogP contribution in [0.25, 0.3) is 0 Å². The van der Waals surface area contributed by atoms with Crippen molar-refractivity contribution in [1.29, 1.82) is 0 Å². The second kappa shape index (κ2) is 12.6. The van der Waals surface area contributed by atoms with E-state index in [4.69, 9.17) is 4.74 Å². The highest BCUT2D eigenvalue weighted by Gasteiger charge is 2.55. The Kier molecular flexibility index (Phi) is 9.02. The van der Waals surface area contributed by atoms with Crippen LogP contribution in [0.5, 0.6) is 0 Å². The number of pyridine rings is 1. The van der Waals surface area contributed by atoms with Gasteiger partial charge in [0.2, 0.25) is 5.91 Å². The van der Waals surface area contributed by atoms with Gasteiger partial charge >= 0.3 is 24.1 Å². The average Bonchev–Trinajstić information content (AvgIpc) is 3.49. The molecule has 254 valence electrons. The van der Waals surface area contributed by atoms with Crippen LogP contribution in [0.15, 0.2) is 54.7 Å². The summed E-state index contributed by atoms with van der Waals surface area (Å²) in [4.78, 5) is 53.4. The summed E-state index contributed by atoms with van der Waals surface area (Å²) in [5, 5.41) is 5.68. The lowest BCUT2D eigenvalue weighted by Gasteiger charge is -2.27. The Labute approximate surface area is 276 Å². The summed E-state index contributed by atoms with van der Waals surface area (Å²) >= 11 is 0. The normalized spacial score (nSPS) is 16.6. The van der Waals surface area contributed by atoms with Crippen molar-refractivity contribution >= 4 is 35.3 Å². The number of halogens is 3. The first-order valence-corrected chi connectivity index (χ1v) is 15.5. The molecular weight excluding hydrogens is 627 g/mol. The maximum atomic E-state index is 13.7. The van der Waals surface area contributed by atoms with E-state index in [1.54, 1.807) is 58.0 Å². The molecule has 0 saturated carbocycles. The van der Waals surface area contributed by atoms with Gasteiger partial charge in [-0.05, 0) is 86.6 Å². The molecule has 2 N–H and O–H groups in total. The fraction of sp³-hybridized carbons (Fsp3) is 0.400. The van der Waals surface area contributed by atoms with Gasteiger partial charge < -0.3 is 19.9 Å². The smallest absolute Gasteiger partial charge is 0.444 e. The monoisotopic (exact) mass is 666 g/mol. The number of aryl methyl sites for hydroxylation is 2. The number of benzene rings is 2. The number of rotatable bonds is 7. The molecule has 0 saturated heterocycles. The second-order valence-corrected chi connectivity index (χ2v) is 13.5. The van der Waals surface area contributed by atoms with Crippen molar-refractivity contribution < 1.29 is 41.7 Å². The predicted molar refractivity (Wildman–Crippen MR) is 171 cm³/mol. The van der Waals surface area contributed by atoms with Crippen LogP contribution < -0.4 is 15.2 Å². The Hall–Kier alpha value is -4.94. The maximum Gasteiger partial charge on any atom is 0.471 e. The molecule has 0 radical (unpaired) electrons. The topological polar surface area (TPSA) is 112 Å². The summed E-state index contributed by atoms with van der Waals surface area (Å²) in [7, 11) is 3.35. The highest BCUT2D eigenvalue weighted by atomic mass is 19.4. The van der Waals surface area contributed by atoms with Gasteiger partial charge in [-0.25, -0.2) is 19.5 Å². The maximum absolute atomic E-state index is 13.7. The lowest BCUT2D eigenvalue weighted by atomic mass is 9.79. The first-order chi connectivity index (χ1) is 22.4. The molecular formula is C35H39F3N5O5+. The molecule has 5 rings (SSSR count). The van der Waals surface area contributed by atoms with Crippen LogP contribution in [-0.2, 0) is 57.5 Å². The summed E-state index contributed by atoms with van der Waals surface area (Å²) in [5.74, 6) is -2.37. The van der Waals surface area contributed by atoms with Gasteiger partial charge in [-0.15, -0.1) is 0 Å². The molecule has 2 aliphatic rings. The van der Waals surface area contributed by atoms with E-state index >= 15 is 0 Å². The standard InChI is InChI=1S/C35H38F3N5O5/c1-21-14-24-16-34(26-12-9-13-41(5)29(26)40-30(34)45)17-25(24)15-27(21)39-28(44)20-43(31(46)35(36,37)38)19-23-11-8-7-10-22(23)18-42(6)32(47)48-33(2,3)4/h7-15H,16-20H2,1-6H3,(H,39,44)/p+1. The van der Waals surface area contributed by atoms with E-state index in [0.29, 0.717) is 40.1 Å². The number of hydrogen-bond donors (Lipinski definition) is 2. The Bertz CT molecular complexity index is 1800. The quantitative estimate of drug-likeness (QED) is 0.355. The average molecular weight is 667 g/mol. The van der Waals surface area contributed by atoms with Crippen molar-refractivity contribution in [3.05, 3.63) is 88.1 Å². The van der Waals surface area contributed by atoms with E-state index in [1.165, 1.54) is 11.9 Å². The van der Waals surface area contributed by atoms with Crippen molar-refractivity contribution in [2.45, 2.75) is 70.8 Å². The lowest BCUT2D eigenvalue weighted by molar-refractivity contribution is -0.657. The van der Waals surface area contributed by atoms with Crippen LogP contribution in [0, 0.1) is 6.92 Å². The molecule has 1 atom stereocenters. The third-order valence-corrected chi connectivity index (χ3v) is 8.62. The van der Waals surface area contributed by atoms with Crippen molar-refractivity contribution in [2.24, 2.45) is 7.05 Å². The number of hydrogen-bond acceptors (Lipinski definition) is 5. The Morgan fingerprint density at radius 1 is 1.00 bits per heavy atom. The van der Waals surface area contributed by atoms with Gasteiger partial charge in [0.05, 0.1) is 18.8 Å². The minimum absolute atomic E-state index is 0.00188. The summed E-state index contributed by atoms with van der Waals surface area (Å²) < 4.78 is 48.5. The SMILES string of the molecule is Cc1cc2c(cc1NC(=O)CN(Cc1ccccc1CN(C)C(=O)OC(C)(C)C)C(=O)C(F)(F)F)CC1(C2)C(=O)Nc2c1ccc[n+]2C. The minimum atomic E-state index is -5.23. The molecule has 3 aromatic rings. The zero-order valence-corrected chi connectivity index (χ0v) is 27.7. The summed E-state index contributed by atoms with van der Waals surface area (Å²) in [5.41, 5.74) is 3.00. The van der Waals surface area contributed by atoms with E-state index in [-0.39, 0.29) is 12.5 Å². The third kappa shape index (κ3) is 6.99. The molecule has 2 heterocycles. The molecule has 13 heteroatoms. The zero-order valence-electron chi connectivity index (χ0n) is 27.7. The Balaban J connectivity index is 1.34. The lowest BCUT2D eigenvalue weighted by Crippen LogP contribution is -2.44. The van der Waals surface area contributed by atoms with Crippen molar-refractivity contribution in [3.63, 3.8) is 0 Å². The molecule has 2 aromatic carbocycles. The number of carbonyl (C=O) groups excluding carboxylic acids is 4. The number of ether oxygens (including phenoxy) is 1. The number of nitrogens with zero attached hydrogens (tertiary/aromatic N) is 3. The van der Waals surface area contributed by atoms with Gasteiger partial charge in [-0.2, -0.15) is 13.2 Å². The van der Waals surface area contributed by atoms with Crippen LogP contribution in [-0.4, -0.2) is 59.0 Å². The highest BCUT2D eigenvalue weighted by Crippen LogP contribution is 2.47. The summed E-state index contributed by atoms with van der Waals surface area (Å²) in [6.07, 6.45) is -3.14. The van der Waals surface area contributed by atoms with Gasteiger partial charge in [0.15, 0.2) is 0 Å². The van der Waals surface area contributed by atoms with E-state index in [2.05, 4.69) is 10.6 Å². The minimum Gasteiger partial charge on any atom is -0.444 e. The fourth-order valence-electron chi connectivity index (χ4n) is 6.32. The molecule has 1 aliphatic carbocycles. The number of anilines is 2. The van der Waals surface area contributed by atoms with Crippen LogP contribution in [0.3, 0.4) is 0 Å². The molecule has 0 fully saturated rings. The fourth-order valence-corrected chi connectivity index (χ4v) is 6.32. The zero-order chi connectivity index (χ0) is 35.2. The number of amides is 4. The van der Waals surface area contributed by atoms with Crippen LogP contribution in [0.2, 0.25) is 0 Å². The molecule has 1 unspecified atom stereocenters.